The Kier molecular flexibility index (Phi) is 5.38. The Morgan fingerprint density at radius 3 is 2.45 bits per heavy atom. The highest BCUT2D eigenvalue weighted by Gasteiger charge is 2.08. The lowest BCUT2D eigenvalue weighted by Gasteiger charge is -2.12. The Labute approximate surface area is 123 Å². The summed E-state index contributed by atoms with van der Waals surface area (Å²) in [4.78, 5) is 4.34. The summed E-state index contributed by atoms with van der Waals surface area (Å²) in [6, 6.07) is 5.91. The van der Waals surface area contributed by atoms with Gasteiger partial charge in [-0.05, 0) is 17.7 Å². The molecule has 0 aliphatic rings. The van der Waals surface area contributed by atoms with Crippen LogP contribution >= 0.6 is 11.3 Å². The highest BCUT2D eigenvalue weighted by molar-refractivity contribution is 7.09. The molecule has 1 atom stereocenters. The lowest BCUT2D eigenvalue weighted by molar-refractivity contribution is 0.393. The molecule has 20 heavy (non-hydrogen) atoms. The molecule has 0 aliphatic carbocycles. The molecular formula is C15H20N2O2S. The summed E-state index contributed by atoms with van der Waals surface area (Å²) in [6.07, 6.45) is 1.85. The summed E-state index contributed by atoms with van der Waals surface area (Å²) in [5.74, 6) is 2.05. The van der Waals surface area contributed by atoms with Crippen LogP contribution in [-0.4, -0.2) is 25.7 Å². The summed E-state index contributed by atoms with van der Waals surface area (Å²) < 4.78 is 10.5. The van der Waals surface area contributed by atoms with Crippen LogP contribution in [0.2, 0.25) is 0 Å². The molecular weight excluding hydrogens is 272 g/mol. The fourth-order valence-corrected chi connectivity index (χ4v) is 2.67. The third kappa shape index (κ3) is 3.95. The van der Waals surface area contributed by atoms with Crippen LogP contribution in [-0.2, 0) is 6.54 Å². The molecule has 0 aliphatic heterocycles. The second kappa shape index (κ2) is 7.26. The maximum absolute atomic E-state index is 5.27. The molecule has 0 radical (unpaired) electrons. The SMILES string of the molecule is COc1cc(CNCC(C)c2nccs2)cc(OC)c1. The van der Waals surface area contributed by atoms with Gasteiger partial charge in [-0.2, -0.15) is 0 Å². The Bertz CT molecular complexity index is 506. The zero-order chi connectivity index (χ0) is 14.4. The molecule has 0 amide bonds. The lowest BCUT2D eigenvalue weighted by atomic mass is 10.1. The molecule has 0 saturated carbocycles. The van der Waals surface area contributed by atoms with Gasteiger partial charge in [0.1, 0.15) is 11.5 Å². The second-order valence-corrected chi connectivity index (χ2v) is 5.55. The largest absolute Gasteiger partial charge is 0.497 e. The van der Waals surface area contributed by atoms with Crippen molar-refractivity contribution in [3.63, 3.8) is 0 Å². The minimum Gasteiger partial charge on any atom is -0.497 e. The van der Waals surface area contributed by atoms with E-state index < -0.39 is 0 Å². The molecule has 2 rings (SSSR count). The van der Waals surface area contributed by atoms with Gasteiger partial charge in [0.15, 0.2) is 0 Å². The van der Waals surface area contributed by atoms with Crippen LogP contribution in [0.3, 0.4) is 0 Å². The molecule has 2 aromatic rings. The van der Waals surface area contributed by atoms with E-state index in [-0.39, 0.29) is 0 Å². The van der Waals surface area contributed by atoms with Crippen molar-refractivity contribution in [3.05, 3.63) is 40.3 Å². The average Bonchev–Trinajstić information content (AvgIpc) is 3.01. The molecule has 1 aromatic heterocycles. The summed E-state index contributed by atoms with van der Waals surface area (Å²) >= 11 is 1.70. The van der Waals surface area contributed by atoms with E-state index in [1.807, 2.05) is 29.8 Å². The highest BCUT2D eigenvalue weighted by Crippen LogP contribution is 2.22. The molecule has 4 nitrogen and oxygen atoms in total. The third-order valence-electron chi connectivity index (χ3n) is 3.06. The number of thiazole rings is 1. The fraction of sp³-hybridized carbons (Fsp3) is 0.400. The zero-order valence-electron chi connectivity index (χ0n) is 12.1. The van der Waals surface area contributed by atoms with Crippen molar-refractivity contribution in [2.24, 2.45) is 0 Å². The predicted octanol–water partition coefficient (Wildman–Crippen LogP) is 3.05. The number of benzene rings is 1. The van der Waals surface area contributed by atoms with E-state index in [2.05, 4.69) is 17.2 Å². The Balaban J connectivity index is 1.90. The van der Waals surface area contributed by atoms with Crippen LogP contribution in [0.15, 0.2) is 29.8 Å². The zero-order valence-corrected chi connectivity index (χ0v) is 12.9. The average molecular weight is 292 g/mol. The molecule has 0 bridgehead atoms. The van der Waals surface area contributed by atoms with E-state index in [1.165, 1.54) is 5.01 Å². The van der Waals surface area contributed by atoms with E-state index in [4.69, 9.17) is 9.47 Å². The first kappa shape index (κ1) is 14.8. The molecule has 1 unspecified atom stereocenters. The minimum absolute atomic E-state index is 0.419. The number of hydrogen-bond acceptors (Lipinski definition) is 5. The number of nitrogens with zero attached hydrogens (tertiary/aromatic N) is 1. The van der Waals surface area contributed by atoms with E-state index in [1.54, 1.807) is 25.6 Å². The van der Waals surface area contributed by atoms with Gasteiger partial charge in [0.25, 0.3) is 0 Å². The lowest BCUT2D eigenvalue weighted by Crippen LogP contribution is -2.19. The summed E-state index contributed by atoms with van der Waals surface area (Å²) in [5, 5.41) is 6.63. The van der Waals surface area contributed by atoms with Gasteiger partial charge in [-0.15, -0.1) is 11.3 Å². The van der Waals surface area contributed by atoms with Gasteiger partial charge in [-0.3, -0.25) is 0 Å². The highest BCUT2D eigenvalue weighted by atomic mass is 32.1. The molecule has 1 heterocycles. The van der Waals surface area contributed by atoms with Gasteiger partial charge in [-0.25, -0.2) is 4.98 Å². The Morgan fingerprint density at radius 1 is 1.20 bits per heavy atom. The first-order valence-corrected chi connectivity index (χ1v) is 7.43. The number of rotatable bonds is 7. The standard InChI is InChI=1S/C15H20N2O2S/c1-11(15-17-4-5-20-15)9-16-10-12-6-13(18-2)8-14(7-12)19-3/h4-8,11,16H,9-10H2,1-3H3. The van der Waals surface area contributed by atoms with Crippen molar-refractivity contribution in [3.8, 4) is 11.5 Å². The summed E-state index contributed by atoms with van der Waals surface area (Å²) in [6.45, 7) is 3.86. The summed E-state index contributed by atoms with van der Waals surface area (Å²) in [7, 11) is 3.33. The number of aromatic nitrogens is 1. The van der Waals surface area contributed by atoms with Crippen molar-refractivity contribution in [1.82, 2.24) is 10.3 Å². The van der Waals surface area contributed by atoms with Crippen molar-refractivity contribution >= 4 is 11.3 Å². The maximum atomic E-state index is 5.27. The van der Waals surface area contributed by atoms with Crippen LogP contribution in [0.5, 0.6) is 11.5 Å². The molecule has 0 saturated heterocycles. The first-order valence-electron chi connectivity index (χ1n) is 6.55. The maximum Gasteiger partial charge on any atom is 0.122 e. The number of ether oxygens (including phenoxy) is 2. The Morgan fingerprint density at radius 2 is 1.90 bits per heavy atom. The van der Waals surface area contributed by atoms with Crippen LogP contribution in [0.25, 0.3) is 0 Å². The van der Waals surface area contributed by atoms with Crippen molar-refractivity contribution < 1.29 is 9.47 Å². The molecule has 0 spiro atoms. The number of hydrogen-bond donors (Lipinski definition) is 1. The van der Waals surface area contributed by atoms with Crippen LogP contribution in [0.1, 0.15) is 23.4 Å². The third-order valence-corrected chi connectivity index (χ3v) is 4.07. The van der Waals surface area contributed by atoms with Crippen molar-refractivity contribution in [1.29, 1.82) is 0 Å². The number of methoxy groups -OCH3 is 2. The minimum atomic E-state index is 0.419. The molecule has 0 fully saturated rings. The van der Waals surface area contributed by atoms with Gasteiger partial charge in [0.05, 0.1) is 19.2 Å². The van der Waals surface area contributed by atoms with Gasteiger partial charge < -0.3 is 14.8 Å². The first-order chi connectivity index (χ1) is 9.72. The van der Waals surface area contributed by atoms with Gasteiger partial charge in [0.2, 0.25) is 0 Å². The second-order valence-electron chi connectivity index (χ2n) is 4.62. The van der Waals surface area contributed by atoms with Crippen molar-refractivity contribution in [2.75, 3.05) is 20.8 Å². The van der Waals surface area contributed by atoms with Gasteiger partial charge in [-0.1, -0.05) is 6.92 Å². The predicted molar refractivity (Wildman–Crippen MR) is 81.8 cm³/mol. The monoisotopic (exact) mass is 292 g/mol. The van der Waals surface area contributed by atoms with Crippen LogP contribution in [0, 0.1) is 0 Å². The van der Waals surface area contributed by atoms with E-state index in [9.17, 15) is 0 Å². The fourth-order valence-electron chi connectivity index (χ4n) is 1.97. The Hall–Kier alpha value is -1.59. The van der Waals surface area contributed by atoms with Crippen molar-refractivity contribution in [2.45, 2.75) is 19.4 Å². The van der Waals surface area contributed by atoms with Crippen LogP contribution in [0.4, 0.5) is 0 Å². The molecule has 1 N–H and O–H groups in total. The van der Waals surface area contributed by atoms with Gasteiger partial charge >= 0.3 is 0 Å². The molecule has 5 heteroatoms. The number of nitrogens with one attached hydrogen (secondary N) is 1. The van der Waals surface area contributed by atoms with E-state index >= 15 is 0 Å². The van der Waals surface area contributed by atoms with Crippen LogP contribution < -0.4 is 14.8 Å². The molecule has 108 valence electrons. The van der Waals surface area contributed by atoms with Gasteiger partial charge in [0, 0.05) is 36.7 Å². The molecule has 1 aromatic carbocycles. The smallest absolute Gasteiger partial charge is 0.122 e. The topological polar surface area (TPSA) is 43.4 Å². The normalized spacial score (nSPS) is 12.2. The quantitative estimate of drug-likeness (QED) is 0.852. The van der Waals surface area contributed by atoms with E-state index in [0.29, 0.717) is 5.92 Å². The summed E-state index contributed by atoms with van der Waals surface area (Å²) in [5.41, 5.74) is 1.15. The van der Waals surface area contributed by atoms with E-state index in [0.717, 1.165) is 30.2 Å².